The zero-order chi connectivity index (χ0) is 16.7. The van der Waals surface area contributed by atoms with Crippen LogP contribution >= 0.6 is 0 Å². The molecular weight excluding hydrogens is 300 g/mol. The van der Waals surface area contributed by atoms with E-state index in [2.05, 4.69) is 41.2 Å². The van der Waals surface area contributed by atoms with Gasteiger partial charge >= 0.3 is 0 Å². The summed E-state index contributed by atoms with van der Waals surface area (Å²) in [5, 5.41) is 12.6. The highest BCUT2D eigenvalue weighted by atomic mass is 15.3. The van der Waals surface area contributed by atoms with E-state index in [4.69, 9.17) is 9.98 Å². The van der Waals surface area contributed by atoms with Crippen molar-refractivity contribution in [2.24, 2.45) is 9.98 Å². The van der Waals surface area contributed by atoms with Crippen LogP contribution < -0.4 is 10.2 Å². The number of rotatable bonds is 0. The first-order chi connectivity index (χ1) is 11.7. The Kier molecular flexibility index (Phi) is 3.58. The Labute approximate surface area is 141 Å². The van der Waals surface area contributed by atoms with Crippen LogP contribution in [-0.4, -0.2) is 48.8 Å². The molecule has 3 aliphatic rings. The van der Waals surface area contributed by atoms with E-state index in [-0.39, 0.29) is 6.04 Å². The first kappa shape index (κ1) is 14.9. The Morgan fingerprint density at radius 2 is 2.04 bits per heavy atom. The van der Waals surface area contributed by atoms with E-state index >= 15 is 0 Å². The minimum atomic E-state index is 0.144. The van der Waals surface area contributed by atoms with Crippen molar-refractivity contribution in [2.75, 3.05) is 31.1 Å². The standard InChI is InChI=1S/C18H20N6/c1-12-11-24-16-9-14(10-19)3-4-15(16)22-17(18(24)21-13(12)2)23-7-5-20-6-8-23/h3-4,9,11,13,20H,5-8H2,1-2H3. The van der Waals surface area contributed by atoms with Gasteiger partial charge in [0.05, 0.1) is 29.0 Å². The Morgan fingerprint density at radius 3 is 2.79 bits per heavy atom. The third kappa shape index (κ3) is 2.38. The van der Waals surface area contributed by atoms with Gasteiger partial charge in [0.25, 0.3) is 0 Å². The quantitative estimate of drug-likeness (QED) is 0.794. The smallest absolute Gasteiger partial charge is 0.176 e. The largest absolute Gasteiger partial charge is 0.351 e. The minimum Gasteiger partial charge on any atom is -0.351 e. The van der Waals surface area contributed by atoms with Gasteiger partial charge < -0.3 is 10.2 Å². The summed E-state index contributed by atoms with van der Waals surface area (Å²) in [6, 6.07) is 7.99. The number of anilines is 1. The van der Waals surface area contributed by atoms with Crippen LogP contribution in [0.5, 0.6) is 0 Å². The highest BCUT2D eigenvalue weighted by Gasteiger charge is 2.32. The van der Waals surface area contributed by atoms with E-state index < -0.39 is 0 Å². The number of nitriles is 1. The molecule has 0 aromatic heterocycles. The molecule has 1 saturated heterocycles. The van der Waals surface area contributed by atoms with Crippen LogP contribution in [0.15, 0.2) is 40.0 Å². The molecule has 0 spiro atoms. The maximum Gasteiger partial charge on any atom is 0.176 e. The van der Waals surface area contributed by atoms with Gasteiger partial charge in [-0.1, -0.05) is 0 Å². The normalized spacial score (nSPS) is 22.7. The predicted octanol–water partition coefficient (Wildman–Crippen LogP) is 2.02. The summed E-state index contributed by atoms with van der Waals surface area (Å²) in [5.74, 6) is 1.82. The van der Waals surface area contributed by atoms with Crippen molar-refractivity contribution in [2.45, 2.75) is 19.9 Å². The van der Waals surface area contributed by atoms with Crippen LogP contribution in [-0.2, 0) is 0 Å². The zero-order valence-corrected chi connectivity index (χ0v) is 14.0. The summed E-state index contributed by atoms with van der Waals surface area (Å²) in [6.07, 6.45) is 2.13. The molecule has 4 rings (SSSR count). The van der Waals surface area contributed by atoms with Gasteiger partial charge in [-0.25, -0.2) is 4.99 Å². The van der Waals surface area contributed by atoms with E-state index in [0.717, 1.165) is 49.2 Å². The fourth-order valence-electron chi connectivity index (χ4n) is 3.20. The molecule has 3 heterocycles. The molecule has 0 bridgehead atoms. The van der Waals surface area contributed by atoms with E-state index in [1.807, 2.05) is 18.2 Å². The maximum absolute atomic E-state index is 9.22. The minimum absolute atomic E-state index is 0.144. The second-order valence-corrected chi connectivity index (χ2v) is 6.36. The molecule has 3 aliphatic heterocycles. The van der Waals surface area contributed by atoms with Crippen LogP contribution in [0.4, 0.5) is 11.4 Å². The first-order valence-electron chi connectivity index (χ1n) is 8.31. The van der Waals surface area contributed by atoms with Gasteiger partial charge in [-0.3, -0.25) is 9.89 Å². The summed E-state index contributed by atoms with van der Waals surface area (Å²) >= 11 is 0. The average Bonchev–Trinajstić information content (AvgIpc) is 2.62. The molecule has 0 radical (unpaired) electrons. The topological polar surface area (TPSA) is 67.0 Å². The van der Waals surface area contributed by atoms with Crippen molar-refractivity contribution < 1.29 is 0 Å². The highest BCUT2D eigenvalue weighted by Crippen LogP contribution is 2.37. The SMILES string of the molecule is CC1=CN2C(=NC1C)C(N1CCNCC1)=Nc1ccc(C#N)cc12. The third-order valence-electron chi connectivity index (χ3n) is 4.74. The van der Waals surface area contributed by atoms with Crippen molar-refractivity contribution >= 4 is 23.0 Å². The Balaban J connectivity index is 1.86. The lowest BCUT2D eigenvalue weighted by Crippen LogP contribution is -2.53. The summed E-state index contributed by atoms with van der Waals surface area (Å²) < 4.78 is 0. The molecule has 1 aromatic rings. The third-order valence-corrected chi connectivity index (χ3v) is 4.74. The van der Waals surface area contributed by atoms with Gasteiger partial charge in [0.2, 0.25) is 0 Å². The Hall–Kier alpha value is -2.65. The Bertz CT molecular complexity index is 807. The van der Waals surface area contributed by atoms with Crippen molar-refractivity contribution in [1.29, 1.82) is 5.26 Å². The lowest BCUT2D eigenvalue weighted by atomic mass is 10.1. The van der Waals surface area contributed by atoms with Crippen molar-refractivity contribution in [3.05, 3.63) is 35.5 Å². The van der Waals surface area contributed by atoms with Gasteiger partial charge in [-0.15, -0.1) is 0 Å². The Morgan fingerprint density at radius 1 is 1.25 bits per heavy atom. The number of amidine groups is 2. The molecule has 0 aliphatic carbocycles. The van der Waals surface area contributed by atoms with E-state index in [0.29, 0.717) is 5.56 Å². The maximum atomic E-state index is 9.22. The summed E-state index contributed by atoms with van der Waals surface area (Å²) in [5.41, 5.74) is 3.66. The number of piperazine rings is 1. The average molecular weight is 320 g/mol. The van der Waals surface area contributed by atoms with E-state index in [1.165, 1.54) is 5.57 Å². The monoisotopic (exact) mass is 320 g/mol. The number of hydrogen-bond donors (Lipinski definition) is 1. The number of hydrogen-bond acceptors (Lipinski definition) is 6. The summed E-state index contributed by atoms with van der Waals surface area (Å²) in [4.78, 5) is 14.2. The van der Waals surface area contributed by atoms with Gasteiger partial charge in [0.1, 0.15) is 0 Å². The highest BCUT2D eigenvalue weighted by molar-refractivity contribution is 6.48. The van der Waals surface area contributed by atoms with Gasteiger partial charge in [0, 0.05) is 32.4 Å². The van der Waals surface area contributed by atoms with E-state index in [9.17, 15) is 5.26 Å². The van der Waals surface area contributed by atoms with Gasteiger partial charge in [-0.2, -0.15) is 5.26 Å². The molecule has 1 aromatic carbocycles. The zero-order valence-electron chi connectivity index (χ0n) is 14.0. The molecule has 1 N–H and O–H groups in total. The lowest BCUT2D eigenvalue weighted by molar-refractivity contribution is 0.360. The second kappa shape index (κ2) is 5.77. The van der Waals surface area contributed by atoms with Crippen LogP contribution in [0.2, 0.25) is 0 Å². The number of nitrogens with zero attached hydrogens (tertiary/aromatic N) is 5. The molecule has 0 amide bonds. The molecular formula is C18H20N6. The molecule has 6 heteroatoms. The fourth-order valence-corrected chi connectivity index (χ4v) is 3.20. The van der Waals surface area contributed by atoms with Gasteiger partial charge in [-0.05, 0) is 37.6 Å². The first-order valence-corrected chi connectivity index (χ1v) is 8.31. The van der Waals surface area contributed by atoms with Crippen molar-refractivity contribution in [3.8, 4) is 6.07 Å². The molecule has 122 valence electrons. The molecule has 24 heavy (non-hydrogen) atoms. The van der Waals surface area contributed by atoms with Crippen LogP contribution in [0.25, 0.3) is 0 Å². The fraction of sp³-hybridized carbons (Fsp3) is 0.389. The van der Waals surface area contributed by atoms with Crippen LogP contribution in [0.3, 0.4) is 0 Å². The second-order valence-electron chi connectivity index (χ2n) is 6.36. The lowest BCUT2D eigenvalue weighted by Gasteiger charge is -2.39. The van der Waals surface area contributed by atoms with Gasteiger partial charge in [0.15, 0.2) is 11.7 Å². The molecule has 1 atom stereocenters. The van der Waals surface area contributed by atoms with Crippen LogP contribution in [0.1, 0.15) is 19.4 Å². The van der Waals surface area contributed by atoms with Crippen molar-refractivity contribution in [3.63, 3.8) is 0 Å². The van der Waals surface area contributed by atoms with Crippen LogP contribution in [0, 0.1) is 11.3 Å². The number of benzene rings is 1. The molecule has 6 nitrogen and oxygen atoms in total. The molecule has 0 saturated carbocycles. The number of aliphatic imine (C=N–C) groups is 2. The number of nitrogens with one attached hydrogen (secondary N) is 1. The molecule has 1 fully saturated rings. The van der Waals surface area contributed by atoms with Crippen molar-refractivity contribution in [1.82, 2.24) is 10.2 Å². The predicted molar refractivity (Wildman–Crippen MR) is 95.8 cm³/mol. The summed E-state index contributed by atoms with van der Waals surface area (Å²) in [6.45, 7) is 7.96. The number of fused-ring (bicyclic) bond motifs is 3. The molecule has 1 unspecified atom stereocenters. The summed E-state index contributed by atoms with van der Waals surface area (Å²) in [7, 11) is 0. The van der Waals surface area contributed by atoms with E-state index in [1.54, 1.807) is 0 Å².